The summed E-state index contributed by atoms with van der Waals surface area (Å²) in [5, 5.41) is 6.13. The van der Waals surface area contributed by atoms with Crippen molar-refractivity contribution in [2.45, 2.75) is 13.3 Å². The Morgan fingerprint density at radius 1 is 1.18 bits per heavy atom. The molecule has 2 aromatic carbocycles. The third-order valence-electron chi connectivity index (χ3n) is 4.90. The molecule has 0 spiro atoms. The first-order chi connectivity index (χ1) is 13.4. The van der Waals surface area contributed by atoms with Crippen LogP contribution < -0.4 is 15.5 Å². The highest BCUT2D eigenvalue weighted by Crippen LogP contribution is 2.29. The minimum Gasteiger partial charge on any atom is -0.371 e. The van der Waals surface area contributed by atoms with Crippen molar-refractivity contribution in [2.24, 2.45) is 5.92 Å². The van der Waals surface area contributed by atoms with Crippen LogP contribution >= 0.6 is 11.6 Å². The zero-order chi connectivity index (χ0) is 20.1. The number of amides is 2. The zero-order valence-electron chi connectivity index (χ0n) is 15.7. The van der Waals surface area contributed by atoms with Crippen LogP contribution in [0.5, 0.6) is 0 Å². The topological polar surface area (TPSA) is 61.4 Å². The Kier molecular flexibility index (Phi) is 6.52. The molecule has 1 unspecified atom stereocenters. The highest BCUT2D eigenvalue weighted by molar-refractivity contribution is 6.30. The standard InChI is InChI=1S/C21H23ClFN3O2/c1-14-2-5-17(22)10-19(14)26-9-8-15(13-26)11-24-20(27)12-25-21(28)16-3-6-18(23)7-4-16/h2-7,10,15H,8-9,11-13H2,1H3,(H,24,27)(H,25,28). The van der Waals surface area contributed by atoms with Gasteiger partial charge in [0.1, 0.15) is 5.82 Å². The fourth-order valence-electron chi connectivity index (χ4n) is 3.33. The summed E-state index contributed by atoms with van der Waals surface area (Å²) in [5.41, 5.74) is 2.63. The maximum absolute atomic E-state index is 12.9. The minimum atomic E-state index is -0.409. The molecular formula is C21H23ClFN3O2. The van der Waals surface area contributed by atoms with Crippen molar-refractivity contribution in [1.82, 2.24) is 10.6 Å². The lowest BCUT2D eigenvalue weighted by molar-refractivity contribution is -0.120. The van der Waals surface area contributed by atoms with Gasteiger partial charge in [0.15, 0.2) is 0 Å². The van der Waals surface area contributed by atoms with Crippen LogP contribution in [0.3, 0.4) is 0 Å². The molecule has 2 aromatic rings. The average molecular weight is 404 g/mol. The van der Waals surface area contributed by atoms with Crippen molar-refractivity contribution in [2.75, 3.05) is 31.1 Å². The predicted molar refractivity (Wildman–Crippen MR) is 108 cm³/mol. The van der Waals surface area contributed by atoms with Gasteiger partial charge in [-0.2, -0.15) is 0 Å². The Bertz CT molecular complexity index is 857. The SMILES string of the molecule is Cc1ccc(Cl)cc1N1CCC(CNC(=O)CNC(=O)c2ccc(F)cc2)C1. The molecule has 0 saturated carbocycles. The first kappa shape index (κ1) is 20.1. The number of nitrogens with one attached hydrogen (secondary N) is 2. The van der Waals surface area contributed by atoms with Crippen LogP contribution in [0.15, 0.2) is 42.5 Å². The van der Waals surface area contributed by atoms with Crippen molar-refractivity contribution < 1.29 is 14.0 Å². The van der Waals surface area contributed by atoms with E-state index in [0.717, 1.165) is 25.2 Å². The number of aryl methyl sites for hydroxylation is 1. The van der Waals surface area contributed by atoms with Crippen LogP contribution in [0.1, 0.15) is 22.3 Å². The van der Waals surface area contributed by atoms with Crippen LogP contribution in [0.2, 0.25) is 5.02 Å². The quantitative estimate of drug-likeness (QED) is 0.778. The number of halogens is 2. The van der Waals surface area contributed by atoms with E-state index in [1.165, 1.54) is 29.8 Å². The van der Waals surface area contributed by atoms with Crippen LogP contribution in [0.25, 0.3) is 0 Å². The maximum Gasteiger partial charge on any atom is 0.251 e. The van der Waals surface area contributed by atoms with E-state index >= 15 is 0 Å². The van der Waals surface area contributed by atoms with E-state index in [9.17, 15) is 14.0 Å². The zero-order valence-corrected chi connectivity index (χ0v) is 16.4. The number of hydrogen-bond acceptors (Lipinski definition) is 3. The van der Waals surface area contributed by atoms with E-state index < -0.39 is 11.7 Å². The second-order valence-corrected chi connectivity index (χ2v) is 7.46. The van der Waals surface area contributed by atoms with Gasteiger partial charge in [0.05, 0.1) is 6.54 Å². The van der Waals surface area contributed by atoms with Gasteiger partial charge >= 0.3 is 0 Å². The molecule has 7 heteroatoms. The molecule has 1 saturated heterocycles. The molecule has 0 bridgehead atoms. The molecule has 0 aromatic heterocycles. The summed E-state index contributed by atoms with van der Waals surface area (Å²) in [6, 6.07) is 11.1. The summed E-state index contributed by atoms with van der Waals surface area (Å²) in [5.74, 6) is -0.713. The molecule has 2 amide bonds. The third kappa shape index (κ3) is 5.23. The molecule has 0 radical (unpaired) electrons. The van der Waals surface area contributed by atoms with Gasteiger partial charge in [0.25, 0.3) is 5.91 Å². The number of hydrogen-bond donors (Lipinski definition) is 2. The summed E-state index contributed by atoms with van der Waals surface area (Å²) in [7, 11) is 0. The summed E-state index contributed by atoms with van der Waals surface area (Å²) in [6.45, 7) is 4.28. The van der Waals surface area contributed by atoms with Gasteiger partial charge in [-0.1, -0.05) is 17.7 Å². The first-order valence-electron chi connectivity index (χ1n) is 9.24. The molecule has 1 fully saturated rings. The fraction of sp³-hybridized carbons (Fsp3) is 0.333. The van der Waals surface area contributed by atoms with E-state index in [-0.39, 0.29) is 12.5 Å². The normalized spacial score (nSPS) is 16.1. The monoisotopic (exact) mass is 403 g/mol. The summed E-state index contributed by atoms with van der Waals surface area (Å²) in [6.07, 6.45) is 0.980. The Morgan fingerprint density at radius 3 is 2.68 bits per heavy atom. The van der Waals surface area contributed by atoms with Gasteiger partial charge in [0, 0.05) is 35.9 Å². The number of rotatable bonds is 6. The Balaban J connectivity index is 1.42. The van der Waals surface area contributed by atoms with Crippen LogP contribution in [0, 0.1) is 18.7 Å². The lowest BCUT2D eigenvalue weighted by Gasteiger charge is -2.21. The lowest BCUT2D eigenvalue weighted by atomic mass is 10.1. The second-order valence-electron chi connectivity index (χ2n) is 7.03. The second kappa shape index (κ2) is 9.06. The van der Waals surface area contributed by atoms with Gasteiger partial charge < -0.3 is 15.5 Å². The molecule has 1 aliphatic heterocycles. The van der Waals surface area contributed by atoms with E-state index in [2.05, 4.69) is 22.5 Å². The molecule has 5 nitrogen and oxygen atoms in total. The third-order valence-corrected chi connectivity index (χ3v) is 5.14. The summed E-state index contributed by atoms with van der Waals surface area (Å²) >= 11 is 6.11. The van der Waals surface area contributed by atoms with E-state index in [0.29, 0.717) is 23.0 Å². The number of benzene rings is 2. The number of nitrogens with zero attached hydrogens (tertiary/aromatic N) is 1. The van der Waals surface area contributed by atoms with E-state index in [4.69, 9.17) is 11.6 Å². The number of anilines is 1. The van der Waals surface area contributed by atoms with Gasteiger partial charge in [-0.05, 0) is 61.2 Å². The summed E-state index contributed by atoms with van der Waals surface area (Å²) in [4.78, 5) is 26.3. The van der Waals surface area contributed by atoms with Crippen LogP contribution in [-0.4, -0.2) is 38.0 Å². The molecule has 0 aliphatic carbocycles. The predicted octanol–water partition coefficient (Wildman–Crippen LogP) is 3.16. The minimum absolute atomic E-state index is 0.111. The number of carbonyl (C=O) groups is 2. The number of carbonyl (C=O) groups excluding carboxylic acids is 2. The van der Waals surface area contributed by atoms with Gasteiger partial charge in [-0.25, -0.2) is 4.39 Å². The largest absolute Gasteiger partial charge is 0.371 e. The fourth-order valence-corrected chi connectivity index (χ4v) is 3.49. The smallest absolute Gasteiger partial charge is 0.251 e. The maximum atomic E-state index is 12.9. The highest BCUT2D eigenvalue weighted by atomic mass is 35.5. The molecule has 1 atom stereocenters. The van der Waals surface area contributed by atoms with Crippen molar-refractivity contribution in [3.05, 3.63) is 64.4 Å². The van der Waals surface area contributed by atoms with Crippen LogP contribution in [-0.2, 0) is 4.79 Å². The van der Waals surface area contributed by atoms with Gasteiger partial charge in [0.2, 0.25) is 5.91 Å². The van der Waals surface area contributed by atoms with Crippen molar-refractivity contribution >= 4 is 29.1 Å². The molecule has 148 valence electrons. The van der Waals surface area contributed by atoms with Crippen LogP contribution in [0.4, 0.5) is 10.1 Å². The highest BCUT2D eigenvalue weighted by Gasteiger charge is 2.24. The Morgan fingerprint density at radius 2 is 1.93 bits per heavy atom. The van der Waals surface area contributed by atoms with Gasteiger partial charge in [-0.15, -0.1) is 0 Å². The van der Waals surface area contributed by atoms with E-state index in [1.807, 2.05) is 18.2 Å². The molecule has 1 aliphatic rings. The summed E-state index contributed by atoms with van der Waals surface area (Å²) < 4.78 is 12.9. The van der Waals surface area contributed by atoms with Crippen molar-refractivity contribution in [3.8, 4) is 0 Å². The molecule has 2 N–H and O–H groups in total. The van der Waals surface area contributed by atoms with Gasteiger partial charge in [-0.3, -0.25) is 9.59 Å². The molecule has 3 rings (SSSR count). The Labute approximate surface area is 168 Å². The first-order valence-corrected chi connectivity index (χ1v) is 9.62. The Hall–Kier alpha value is -2.60. The average Bonchev–Trinajstić information content (AvgIpc) is 3.15. The molecule has 28 heavy (non-hydrogen) atoms. The lowest BCUT2D eigenvalue weighted by Crippen LogP contribution is -2.39. The molecular weight excluding hydrogens is 381 g/mol. The van der Waals surface area contributed by atoms with Crippen molar-refractivity contribution in [3.63, 3.8) is 0 Å². The van der Waals surface area contributed by atoms with Crippen molar-refractivity contribution in [1.29, 1.82) is 0 Å². The molecule has 1 heterocycles. The van der Waals surface area contributed by atoms with E-state index in [1.54, 1.807) is 0 Å².